The van der Waals surface area contributed by atoms with Gasteiger partial charge in [-0.05, 0) is 29.2 Å². The summed E-state index contributed by atoms with van der Waals surface area (Å²) in [5, 5.41) is 9.17. The topological polar surface area (TPSA) is 40.5 Å². The molecular formula is C17H17NO2. The second-order valence-corrected chi connectivity index (χ2v) is 5.11. The van der Waals surface area contributed by atoms with E-state index in [1.165, 1.54) is 0 Å². The van der Waals surface area contributed by atoms with Crippen LogP contribution in [0.5, 0.6) is 0 Å². The molecule has 2 aromatic rings. The maximum Gasteiger partial charge on any atom is 0.254 e. The van der Waals surface area contributed by atoms with Gasteiger partial charge in [0.1, 0.15) is 0 Å². The summed E-state index contributed by atoms with van der Waals surface area (Å²) in [5.41, 5.74) is 3.89. The van der Waals surface area contributed by atoms with Gasteiger partial charge in [0.25, 0.3) is 5.91 Å². The van der Waals surface area contributed by atoms with Crippen molar-refractivity contribution in [2.24, 2.45) is 0 Å². The van der Waals surface area contributed by atoms with Gasteiger partial charge in [-0.15, -0.1) is 0 Å². The average molecular weight is 267 g/mol. The Morgan fingerprint density at radius 1 is 1.05 bits per heavy atom. The second kappa shape index (κ2) is 5.47. The molecule has 20 heavy (non-hydrogen) atoms. The fourth-order valence-electron chi connectivity index (χ4n) is 2.67. The van der Waals surface area contributed by atoms with Gasteiger partial charge in [0.05, 0.1) is 6.61 Å². The Morgan fingerprint density at radius 3 is 2.70 bits per heavy atom. The summed E-state index contributed by atoms with van der Waals surface area (Å²) in [6.45, 7) is 1.38. The van der Waals surface area contributed by atoms with Crippen LogP contribution in [0.1, 0.15) is 27.0 Å². The highest BCUT2D eigenvalue weighted by molar-refractivity contribution is 5.96. The molecule has 0 radical (unpaired) electrons. The number of aliphatic hydroxyl groups excluding tert-OH is 1. The van der Waals surface area contributed by atoms with Crippen molar-refractivity contribution in [3.63, 3.8) is 0 Å². The van der Waals surface area contributed by atoms with E-state index in [1.807, 2.05) is 53.4 Å². The first-order valence-electron chi connectivity index (χ1n) is 6.84. The summed E-state index contributed by atoms with van der Waals surface area (Å²) in [5.74, 6) is 0.0984. The minimum Gasteiger partial charge on any atom is -0.392 e. The lowest BCUT2D eigenvalue weighted by Gasteiger charge is -2.28. The molecule has 1 N–H and O–H groups in total. The minimum atomic E-state index is 0.0324. The number of hydrogen-bond donors (Lipinski definition) is 1. The summed E-state index contributed by atoms with van der Waals surface area (Å²) in [6, 6.07) is 15.6. The summed E-state index contributed by atoms with van der Waals surface area (Å²) >= 11 is 0. The van der Waals surface area contributed by atoms with Gasteiger partial charge >= 0.3 is 0 Å². The average Bonchev–Trinajstić information content (AvgIpc) is 2.50. The maximum atomic E-state index is 12.5. The Hall–Kier alpha value is -2.13. The molecule has 1 aliphatic rings. The largest absolute Gasteiger partial charge is 0.392 e. The zero-order valence-electron chi connectivity index (χ0n) is 11.2. The lowest BCUT2D eigenvalue weighted by Crippen LogP contribution is -2.36. The SMILES string of the molecule is O=C1c2ccccc2CCN1Cc1cccc(CO)c1. The quantitative estimate of drug-likeness (QED) is 0.927. The molecule has 0 saturated heterocycles. The second-order valence-electron chi connectivity index (χ2n) is 5.11. The molecule has 3 rings (SSSR count). The highest BCUT2D eigenvalue weighted by Gasteiger charge is 2.23. The molecule has 0 bridgehead atoms. The van der Waals surface area contributed by atoms with Crippen molar-refractivity contribution in [3.05, 3.63) is 70.8 Å². The number of nitrogens with zero attached hydrogens (tertiary/aromatic N) is 1. The number of fused-ring (bicyclic) bond motifs is 1. The predicted octanol–water partition coefficient (Wildman–Crippen LogP) is 2.38. The fourth-order valence-corrected chi connectivity index (χ4v) is 2.67. The molecule has 1 amide bonds. The molecule has 1 heterocycles. The Kier molecular flexibility index (Phi) is 3.52. The monoisotopic (exact) mass is 267 g/mol. The zero-order valence-corrected chi connectivity index (χ0v) is 11.2. The van der Waals surface area contributed by atoms with Crippen LogP contribution in [0.4, 0.5) is 0 Å². The third kappa shape index (κ3) is 2.45. The van der Waals surface area contributed by atoms with Crippen molar-refractivity contribution in [2.75, 3.05) is 6.54 Å². The Balaban J connectivity index is 1.81. The minimum absolute atomic E-state index is 0.0324. The van der Waals surface area contributed by atoms with E-state index in [-0.39, 0.29) is 12.5 Å². The lowest BCUT2D eigenvalue weighted by atomic mass is 9.98. The molecule has 3 nitrogen and oxygen atoms in total. The van der Waals surface area contributed by atoms with E-state index in [9.17, 15) is 4.79 Å². The van der Waals surface area contributed by atoms with E-state index in [1.54, 1.807) is 0 Å². The van der Waals surface area contributed by atoms with Crippen LogP contribution < -0.4 is 0 Å². The number of carbonyl (C=O) groups excluding carboxylic acids is 1. The molecule has 0 saturated carbocycles. The molecule has 0 unspecified atom stereocenters. The van der Waals surface area contributed by atoms with Gasteiger partial charge in [-0.2, -0.15) is 0 Å². The highest BCUT2D eigenvalue weighted by Crippen LogP contribution is 2.20. The van der Waals surface area contributed by atoms with E-state index in [0.717, 1.165) is 35.2 Å². The Labute approximate surface area is 118 Å². The van der Waals surface area contributed by atoms with Gasteiger partial charge in [-0.25, -0.2) is 0 Å². The number of carbonyl (C=O) groups is 1. The molecule has 0 atom stereocenters. The van der Waals surface area contributed by atoms with Gasteiger partial charge in [0.2, 0.25) is 0 Å². The summed E-state index contributed by atoms with van der Waals surface area (Å²) in [6.07, 6.45) is 0.904. The Bertz CT molecular complexity index is 636. The van der Waals surface area contributed by atoms with Crippen molar-refractivity contribution < 1.29 is 9.90 Å². The Morgan fingerprint density at radius 2 is 1.85 bits per heavy atom. The molecule has 102 valence electrons. The van der Waals surface area contributed by atoms with Crippen molar-refractivity contribution in [2.45, 2.75) is 19.6 Å². The van der Waals surface area contributed by atoms with Gasteiger partial charge in [-0.1, -0.05) is 42.5 Å². The molecule has 3 heteroatoms. The van der Waals surface area contributed by atoms with E-state index >= 15 is 0 Å². The molecule has 0 aliphatic carbocycles. The number of amides is 1. The van der Waals surface area contributed by atoms with Crippen molar-refractivity contribution in [1.29, 1.82) is 0 Å². The van der Waals surface area contributed by atoms with Crippen LogP contribution in [-0.2, 0) is 19.6 Å². The van der Waals surface area contributed by atoms with Gasteiger partial charge in [-0.3, -0.25) is 4.79 Å². The van der Waals surface area contributed by atoms with Gasteiger partial charge in [0, 0.05) is 18.7 Å². The van der Waals surface area contributed by atoms with Gasteiger partial charge in [0.15, 0.2) is 0 Å². The van der Waals surface area contributed by atoms with Gasteiger partial charge < -0.3 is 10.0 Å². The van der Waals surface area contributed by atoms with Crippen molar-refractivity contribution >= 4 is 5.91 Å². The molecule has 0 spiro atoms. The van der Waals surface area contributed by atoms with Crippen LogP contribution >= 0.6 is 0 Å². The molecule has 2 aromatic carbocycles. The zero-order chi connectivity index (χ0) is 13.9. The molecule has 0 aromatic heterocycles. The van der Waals surface area contributed by atoms with E-state index < -0.39 is 0 Å². The van der Waals surface area contributed by atoms with Crippen LogP contribution in [0, 0.1) is 0 Å². The van der Waals surface area contributed by atoms with E-state index in [2.05, 4.69) is 0 Å². The molecular weight excluding hydrogens is 250 g/mol. The van der Waals surface area contributed by atoms with Crippen LogP contribution in [0.25, 0.3) is 0 Å². The third-order valence-electron chi connectivity index (χ3n) is 3.73. The number of aliphatic hydroxyl groups is 1. The van der Waals surface area contributed by atoms with E-state index in [4.69, 9.17) is 5.11 Å². The molecule has 1 aliphatic heterocycles. The number of hydrogen-bond acceptors (Lipinski definition) is 2. The smallest absolute Gasteiger partial charge is 0.254 e. The maximum absolute atomic E-state index is 12.5. The van der Waals surface area contributed by atoms with Crippen molar-refractivity contribution in [3.8, 4) is 0 Å². The first-order valence-corrected chi connectivity index (χ1v) is 6.84. The van der Waals surface area contributed by atoms with Crippen molar-refractivity contribution in [1.82, 2.24) is 4.90 Å². The number of benzene rings is 2. The first kappa shape index (κ1) is 12.9. The standard InChI is InChI=1S/C17H17NO2/c19-12-14-5-3-4-13(10-14)11-18-9-8-15-6-1-2-7-16(15)17(18)20/h1-7,10,19H,8-9,11-12H2. The van der Waals surface area contributed by atoms with Crippen LogP contribution in [0.3, 0.4) is 0 Å². The highest BCUT2D eigenvalue weighted by atomic mass is 16.3. The fraction of sp³-hybridized carbons (Fsp3) is 0.235. The summed E-state index contributed by atoms with van der Waals surface area (Å²) in [7, 11) is 0. The summed E-state index contributed by atoms with van der Waals surface area (Å²) in [4.78, 5) is 14.3. The van der Waals surface area contributed by atoms with Crippen LogP contribution in [0.2, 0.25) is 0 Å². The predicted molar refractivity (Wildman–Crippen MR) is 77.3 cm³/mol. The van der Waals surface area contributed by atoms with E-state index in [0.29, 0.717) is 6.54 Å². The van der Waals surface area contributed by atoms with Crippen LogP contribution in [0.15, 0.2) is 48.5 Å². The molecule has 0 fully saturated rings. The van der Waals surface area contributed by atoms with Crippen LogP contribution in [-0.4, -0.2) is 22.5 Å². The summed E-state index contributed by atoms with van der Waals surface area (Å²) < 4.78 is 0. The normalized spacial score (nSPS) is 14.2. The third-order valence-corrected chi connectivity index (χ3v) is 3.73. The first-order chi connectivity index (χ1) is 9.78. The number of rotatable bonds is 3. The lowest BCUT2D eigenvalue weighted by molar-refractivity contribution is 0.0727.